The average Bonchev–Trinajstić information content (AvgIpc) is 2.80. The van der Waals surface area contributed by atoms with Crippen LogP contribution in [0.5, 0.6) is 5.75 Å². The summed E-state index contributed by atoms with van der Waals surface area (Å²) in [5.74, 6) is 0.673. The lowest BCUT2D eigenvalue weighted by atomic mass is 10.1. The van der Waals surface area contributed by atoms with Gasteiger partial charge in [0.15, 0.2) is 9.84 Å². The van der Waals surface area contributed by atoms with Crippen molar-refractivity contribution in [2.24, 2.45) is 5.16 Å². The fraction of sp³-hybridized carbons (Fsp3) is 0.500. The summed E-state index contributed by atoms with van der Waals surface area (Å²) < 4.78 is 28.8. The summed E-state index contributed by atoms with van der Waals surface area (Å²) in [6.45, 7) is 3.49. The molecule has 0 amide bonds. The second-order valence-electron chi connectivity index (χ2n) is 5.13. The van der Waals surface area contributed by atoms with Gasteiger partial charge in [-0.1, -0.05) is 5.16 Å². The van der Waals surface area contributed by atoms with Gasteiger partial charge in [-0.15, -0.1) is 0 Å². The SMILES string of the molecule is CC(C)S(=O)(=O)CCOc1ccc2c(c1)CC/C2=N\O. The average molecular weight is 297 g/mol. The highest BCUT2D eigenvalue weighted by atomic mass is 32.2. The molecule has 20 heavy (non-hydrogen) atoms. The second-order valence-corrected chi connectivity index (χ2v) is 7.81. The van der Waals surface area contributed by atoms with Crippen molar-refractivity contribution < 1.29 is 18.4 Å². The highest BCUT2D eigenvalue weighted by Crippen LogP contribution is 2.26. The van der Waals surface area contributed by atoms with Crippen LogP contribution in [0.25, 0.3) is 0 Å². The maximum atomic E-state index is 11.7. The molecule has 0 aliphatic heterocycles. The monoisotopic (exact) mass is 297 g/mol. The van der Waals surface area contributed by atoms with Crippen LogP contribution in [0.2, 0.25) is 0 Å². The standard InChI is InChI=1S/C14H19NO4S/c1-10(2)20(17,18)8-7-19-12-4-5-13-11(9-12)3-6-14(13)15-16/h4-5,9-10,16H,3,6-8H2,1-2H3/b15-14+. The molecule has 0 unspecified atom stereocenters. The first-order valence-electron chi connectivity index (χ1n) is 6.62. The van der Waals surface area contributed by atoms with Crippen LogP contribution in [0, 0.1) is 0 Å². The maximum Gasteiger partial charge on any atom is 0.155 e. The smallest absolute Gasteiger partial charge is 0.155 e. The van der Waals surface area contributed by atoms with Crippen molar-refractivity contribution in [3.8, 4) is 5.75 Å². The molecule has 0 aromatic heterocycles. The number of hydrogen-bond acceptors (Lipinski definition) is 5. The van der Waals surface area contributed by atoms with E-state index in [9.17, 15) is 8.42 Å². The predicted octanol–water partition coefficient (Wildman–Crippen LogP) is 2.01. The van der Waals surface area contributed by atoms with Crippen molar-refractivity contribution in [1.82, 2.24) is 0 Å². The van der Waals surface area contributed by atoms with E-state index >= 15 is 0 Å². The molecule has 0 fully saturated rings. The zero-order valence-corrected chi connectivity index (χ0v) is 12.5. The number of fused-ring (bicyclic) bond motifs is 1. The van der Waals surface area contributed by atoms with Crippen LogP contribution in [0.1, 0.15) is 31.4 Å². The Morgan fingerprint density at radius 3 is 2.75 bits per heavy atom. The third-order valence-corrected chi connectivity index (χ3v) is 5.67. The van der Waals surface area contributed by atoms with Crippen molar-refractivity contribution in [3.05, 3.63) is 29.3 Å². The number of rotatable bonds is 5. The molecule has 0 bridgehead atoms. The third kappa shape index (κ3) is 3.12. The Hall–Kier alpha value is -1.56. The van der Waals surface area contributed by atoms with Gasteiger partial charge in [-0.2, -0.15) is 0 Å². The molecule has 0 heterocycles. The molecule has 0 saturated heterocycles. The Kier molecular flexibility index (Phi) is 4.32. The maximum absolute atomic E-state index is 11.7. The van der Waals surface area contributed by atoms with Crippen LogP contribution in [-0.2, 0) is 16.3 Å². The fourth-order valence-electron chi connectivity index (χ4n) is 2.15. The number of aryl methyl sites for hydroxylation is 1. The van der Waals surface area contributed by atoms with E-state index in [1.807, 2.05) is 12.1 Å². The lowest BCUT2D eigenvalue weighted by molar-refractivity contribution is 0.318. The van der Waals surface area contributed by atoms with Gasteiger partial charge in [0, 0.05) is 5.56 Å². The molecule has 0 radical (unpaired) electrons. The lowest BCUT2D eigenvalue weighted by Gasteiger charge is -2.10. The normalized spacial score (nSPS) is 16.6. The number of nitrogens with zero attached hydrogens (tertiary/aromatic N) is 1. The molecule has 110 valence electrons. The van der Waals surface area contributed by atoms with Crippen LogP contribution in [-0.4, -0.2) is 36.9 Å². The van der Waals surface area contributed by atoms with Crippen molar-refractivity contribution in [1.29, 1.82) is 0 Å². The number of oxime groups is 1. The highest BCUT2D eigenvalue weighted by molar-refractivity contribution is 7.91. The first-order valence-corrected chi connectivity index (χ1v) is 8.34. The highest BCUT2D eigenvalue weighted by Gasteiger charge is 2.19. The van der Waals surface area contributed by atoms with E-state index in [2.05, 4.69) is 5.16 Å². The third-order valence-electron chi connectivity index (χ3n) is 3.49. The molecule has 6 heteroatoms. The van der Waals surface area contributed by atoms with Gasteiger partial charge in [-0.3, -0.25) is 0 Å². The molecule has 0 spiro atoms. The molecule has 2 rings (SSSR count). The number of ether oxygens (including phenoxy) is 1. The van der Waals surface area contributed by atoms with Gasteiger partial charge in [0.1, 0.15) is 12.4 Å². The van der Waals surface area contributed by atoms with Crippen LogP contribution in [0.3, 0.4) is 0 Å². The molecular formula is C14H19NO4S. The van der Waals surface area contributed by atoms with Gasteiger partial charge in [-0.25, -0.2) is 8.42 Å². The summed E-state index contributed by atoms with van der Waals surface area (Å²) in [5.41, 5.74) is 2.70. The van der Waals surface area contributed by atoms with Gasteiger partial charge in [-0.05, 0) is 50.5 Å². The Morgan fingerprint density at radius 2 is 2.10 bits per heavy atom. The van der Waals surface area contributed by atoms with Crippen LogP contribution in [0.4, 0.5) is 0 Å². The number of sulfone groups is 1. The zero-order chi connectivity index (χ0) is 14.8. The molecule has 5 nitrogen and oxygen atoms in total. The number of benzene rings is 1. The van der Waals surface area contributed by atoms with Crippen molar-refractivity contribution in [2.75, 3.05) is 12.4 Å². The van der Waals surface area contributed by atoms with Crippen molar-refractivity contribution >= 4 is 15.5 Å². The Morgan fingerprint density at radius 1 is 1.35 bits per heavy atom. The second kappa shape index (κ2) is 5.83. The molecule has 1 aromatic carbocycles. The summed E-state index contributed by atoms with van der Waals surface area (Å²) in [7, 11) is -3.07. The van der Waals surface area contributed by atoms with Crippen molar-refractivity contribution in [2.45, 2.75) is 31.9 Å². The Labute approximate surface area is 119 Å². The summed E-state index contributed by atoms with van der Waals surface area (Å²) >= 11 is 0. The lowest BCUT2D eigenvalue weighted by Crippen LogP contribution is -2.22. The Bertz CT molecular complexity index is 620. The van der Waals surface area contributed by atoms with E-state index in [0.29, 0.717) is 11.5 Å². The fourth-order valence-corrected chi connectivity index (χ4v) is 2.94. The summed E-state index contributed by atoms with van der Waals surface area (Å²) in [6.07, 6.45) is 1.53. The molecule has 1 aromatic rings. The molecular weight excluding hydrogens is 278 g/mol. The first-order chi connectivity index (χ1) is 9.44. The van der Waals surface area contributed by atoms with Gasteiger partial charge < -0.3 is 9.94 Å². The van der Waals surface area contributed by atoms with Gasteiger partial charge in [0.05, 0.1) is 16.7 Å². The minimum absolute atomic E-state index is 0.0189. The molecule has 0 atom stereocenters. The van der Waals surface area contributed by atoms with E-state index in [1.54, 1.807) is 19.9 Å². The van der Waals surface area contributed by atoms with E-state index in [4.69, 9.17) is 9.94 Å². The van der Waals surface area contributed by atoms with Crippen molar-refractivity contribution in [3.63, 3.8) is 0 Å². The molecule has 1 aliphatic carbocycles. The summed E-state index contributed by atoms with van der Waals surface area (Å²) in [5, 5.41) is 11.7. The van der Waals surface area contributed by atoms with Crippen LogP contribution >= 0.6 is 0 Å². The summed E-state index contributed by atoms with van der Waals surface area (Å²) in [6, 6.07) is 5.51. The quantitative estimate of drug-likeness (QED) is 0.666. The largest absolute Gasteiger partial charge is 0.493 e. The van der Waals surface area contributed by atoms with E-state index < -0.39 is 9.84 Å². The minimum atomic E-state index is -3.07. The predicted molar refractivity (Wildman–Crippen MR) is 77.5 cm³/mol. The first kappa shape index (κ1) is 14.8. The van der Waals surface area contributed by atoms with Crippen LogP contribution < -0.4 is 4.74 Å². The molecule has 0 saturated carbocycles. The van der Waals surface area contributed by atoms with E-state index in [-0.39, 0.29) is 17.6 Å². The Balaban J connectivity index is 1.99. The van der Waals surface area contributed by atoms with E-state index in [1.165, 1.54) is 0 Å². The topological polar surface area (TPSA) is 76.0 Å². The molecule has 1 N–H and O–H groups in total. The van der Waals surface area contributed by atoms with Gasteiger partial charge in [0.2, 0.25) is 0 Å². The summed E-state index contributed by atoms with van der Waals surface area (Å²) in [4.78, 5) is 0. The number of hydrogen-bond donors (Lipinski definition) is 1. The zero-order valence-electron chi connectivity index (χ0n) is 11.7. The van der Waals surface area contributed by atoms with Gasteiger partial charge in [0.25, 0.3) is 0 Å². The van der Waals surface area contributed by atoms with Crippen LogP contribution in [0.15, 0.2) is 23.4 Å². The minimum Gasteiger partial charge on any atom is -0.493 e. The van der Waals surface area contributed by atoms with Gasteiger partial charge >= 0.3 is 0 Å². The molecule has 1 aliphatic rings. The van der Waals surface area contributed by atoms with E-state index in [0.717, 1.165) is 24.0 Å².